The van der Waals surface area contributed by atoms with Crippen LogP contribution in [0.25, 0.3) is 0 Å². The Balaban J connectivity index is 0.00000300. The Morgan fingerprint density at radius 3 is 2.72 bits per heavy atom. The van der Waals surface area contributed by atoms with Crippen LogP contribution in [-0.2, 0) is 6.42 Å². The molecule has 1 atom stereocenters. The largest absolute Gasteiger partial charge is 0.493 e. The van der Waals surface area contributed by atoms with Crippen LogP contribution in [0.5, 0.6) is 11.5 Å². The number of rotatable bonds is 10. The highest BCUT2D eigenvalue weighted by Crippen LogP contribution is 2.31. The number of aryl methyl sites for hydroxylation is 1. The maximum atomic E-state index is 5.66. The quantitative estimate of drug-likeness (QED) is 0.216. The molecule has 1 unspecified atom stereocenters. The lowest BCUT2D eigenvalue weighted by atomic mass is 10.1. The first-order chi connectivity index (χ1) is 13.7. The van der Waals surface area contributed by atoms with Crippen LogP contribution < -0.4 is 20.1 Å². The lowest BCUT2D eigenvalue weighted by molar-refractivity contribution is 0.310. The normalized spacial score (nSPS) is 19.6. The van der Waals surface area contributed by atoms with Gasteiger partial charge in [-0.15, -0.1) is 24.0 Å². The summed E-state index contributed by atoms with van der Waals surface area (Å²) in [6, 6.07) is 7.07. The van der Waals surface area contributed by atoms with Gasteiger partial charge < -0.3 is 25.0 Å². The molecule has 164 valence electrons. The number of benzene rings is 1. The summed E-state index contributed by atoms with van der Waals surface area (Å²) >= 11 is 0. The van der Waals surface area contributed by atoms with Crippen molar-refractivity contribution in [1.82, 2.24) is 15.5 Å². The predicted octanol–water partition coefficient (Wildman–Crippen LogP) is 3.29. The van der Waals surface area contributed by atoms with Crippen LogP contribution in [0.1, 0.15) is 38.2 Å². The van der Waals surface area contributed by atoms with E-state index in [1.807, 2.05) is 20.0 Å². The van der Waals surface area contributed by atoms with Gasteiger partial charge in [0.2, 0.25) is 0 Å². The van der Waals surface area contributed by atoms with E-state index < -0.39 is 0 Å². The minimum atomic E-state index is 0. The van der Waals surface area contributed by atoms with Crippen LogP contribution in [-0.4, -0.2) is 63.8 Å². The van der Waals surface area contributed by atoms with Gasteiger partial charge >= 0.3 is 0 Å². The van der Waals surface area contributed by atoms with Gasteiger partial charge in [0, 0.05) is 32.7 Å². The van der Waals surface area contributed by atoms with E-state index >= 15 is 0 Å². The molecule has 1 saturated carbocycles. The molecule has 2 fully saturated rings. The first-order valence-electron chi connectivity index (χ1n) is 10.7. The highest BCUT2D eigenvalue weighted by atomic mass is 127. The van der Waals surface area contributed by atoms with Crippen molar-refractivity contribution >= 4 is 29.9 Å². The maximum Gasteiger partial charge on any atom is 0.190 e. The summed E-state index contributed by atoms with van der Waals surface area (Å²) in [6.45, 7) is 7.06. The first-order valence-corrected chi connectivity index (χ1v) is 10.7. The summed E-state index contributed by atoms with van der Waals surface area (Å²) in [5.41, 5.74) is 1.26. The Bertz CT molecular complexity index is 652. The fourth-order valence-electron chi connectivity index (χ4n) is 3.91. The number of likely N-dealkylation sites (tertiary alicyclic amines) is 1. The summed E-state index contributed by atoms with van der Waals surface area (Å²) in [7, 11) is 3.52. The Morgan fingerprint density at radius 1 is 1.21 bits per heavy atom. The number of aliphatic imine (C=N–C) groups is 1. The number of halogens is 1. The molecule has 1 aliphatic carbocycles. The predicted molar refractivity (Wildman–Crippen MR) is 130 cm³/mol. The number of ether oxygens (including phenoxy) is 2. The van der Waals surface area contributed by atoms with E-state index in [0.717, 1.165) is 55.3 Å². The summed E-state index contributed by atoms with van der Waals surface area (Å²) < 4.78 is 11.0. The molecule has 2 aliphatic rings. The first kappa shape index (κ1) is 24.1. The van der Waals surface area contributed by atoms with Gasteiger partial charge in [0.25, 0.3) is 0 Å². The second-order valence-corrected chi connectivity index (χ2v) is 7.78. The molecule has 0 aromatic heterocycles. The highest BCUT2D eigenvalue weighted by Gasteiger charge is 2.34. The van der Waals surface area contributed by atoms with Crippen LogP contribution in [0.3, 0.4) is 0 Å². The van der Waals surface area contributed by atoms with Gasteiger partial charge in [-0.1, -0.05) is 6.07 Å². The third-order valence-electron chi connectivity index (χ3n) is 5.62. The fourth-order valence-corrected chi connectivity index (χ4v) is 3.91. The van der Waals surface area contributed by atoms with Gasteiger partial charge in [-0.2, -0.15) is 0 Å². The Kier molecular flexibility index (Phi) is 10.3. The molecule has 0 radical (unpaired) electrons. The molecule has 1 heterocycles. The number of hydrogen-bond donors (Lipinski definition) is 2. The highest BCUT2D eigenvalue weighted by molar-refractivity contribution is 14.0. The summed E-state index contributed by atoms with van der Waals surface area (Å²) in [5, 5.41) is 6.95. The molecule has 7 heteroatoms. The van der Waals surface area contributed by atoms with Gasteiger partial charge in [0.1, 0.15) is 0 Å². The standard InChI is InChI=1S/C22H36N4O2.HI/c1-4-28-21-14-17(7-10-20(21)27-3)6-5-12-24-22(23-2)25-15-18-11-13-26(16-18)19-8-9-19;/h7,10,14,18-19H,4-6,8-9,11-13,15-16H2,1-3H3,(H2,23,24,25);1H. The van der Waals surface area contributed by atoms with E-state index in [9.17, 15) is 0 Å². The summed E-state index contributed by atoms with van der Waals surface area (Å²) in [6.07, 6.45) is 6.15. The van der Waals surface area contributed by atoms with E-state index in [0.29, 0.717) is 6.61 Å². The fraction of sp³-hybridized carbons (Fsp3) is 0.682. The van der Waals surface area contributed by atoms with Crippen molar-refractivity contribution in [3.63, 3.8) is 0 Å². The van der Waals surface area contributed by atoms with Crippen LogP contribution in [0.2, 0.25) is 0 Å². The zero-order valence-electron chi connectivity index (χ0n) is 18.1. The summed E-state index contributed by atoms with van der Waals surface area (Å²) in [5.74, 6) is 3.27. The van der Waals surface area contributed by atoms with Crippen LogP contribution in [0.15, 0.2) is 23.2 Å². The Hall–Kier alpha value is -1.22. The number of hydrogen-bond acceptors (Lipinski definition) is 4. The Morgan fingerprint density at radius 2 is 2.03 bits per heavy atom. The molecule has 3 rings (SSSR count). The van der Waals surface area contributed by atoms with E-state index in [1.165, 1.54) is 37.9 Å². The van der Waals surface area contributed by atoms with Gasteiger partial charge in [-0.3, -0.25) is 4.99 Å². The van der Waals surface area contributed by atoms with Crippen molar-refractivity contribution in [2.75, 3.05) is 46.9 Å². The molecule has 29 heavy (non-hydrogen) atoms. The van der Waals surface area contributed by atoms with Crippen molar-refractivity contribution in [3.8, 4) is 11.5 Å². The molecule has 1 aromatic carbocycles. The SMILES string of the molecule is CCOc1cc(CCCNC(=NC)NCC2CCN(C3CC3)C2)ccc1OC.I. The maximum absolute atomic E-state index is 5.66. The van der Waals surface area contributed by atoms with Crippen LogP contribution in [0.4, 0.5) is 0 Å². The van der Waals surface area contributed by atoms with Crippen molar-refractivity contribution in [3.05, 3.63) is 23.8 Å². The zero-order chi connectivity index (χ0) is 19.8. The van der Waals surface area contributed by atoms with Crippen LogP contribution in [0, 0.1) is 5.92 Å². The molecule has 0 spiro atoms. The van der Waals surface area contributed by atoms with E-state index in [1.54, 1.807) is 7.11 Å². The number of methoxy groups -OCH3 is 1. The molecular formula is C22H37IN4O2. The minimum absolute atomic E-state index is 0. The molecule has 6 nitrogen and oxygen atoms in total. The minimum Gasteiger partial charge on any atom is -0.493 e. The lowest BCUT2D eigenvalue weighted by Gasteiger charge is -2.17. The monoisotopic (exact) mass is 516 g/mol. The molecule has 1 aliphatic heterocycles. The number of nitrogens with zero attached hydrogens (tertiary/aromatic N) is 2. The van der Waals surface area contributed by atoms with Crippen molar-refractivity contribution in [2.45, 2.75) is 45.1 Å². The molecule has 1 aromatic rings. The third-order valence-corrected chi connectivity index (χ3v) is 5.62. The third kappa shape index (κ3) is 7.51. The van der Waals surface area contributed by atoms with Crippen molar-refractivity contribution in [1.29, 1.82) is 0 Å². The lowest BCUT2D eigenvalue weighted by Crippen LogP contribution is -2.40. The van der Waals surface area contributed by atoms with E-state index in [2.05, 4.69) is 32.7 Å². The van der Waals surface area contributed by atoms with E-state index in [4.69, 9.17) is 9.47 Å². The van der Waals surface area contributed by atoms with Gasteiger partial charge in [0.05, 0.1) is 13.7 Å². The topological polar surface area (TPSA) is 58.1 Å². The zero-order valence-corrected chi connectivity index (χ0v) is 20.4. The molecule has 2 N–H and O–H groups in total. The van der Waals surface area contributed by atoms with Crippen LogP contribution >= 0.6 is 24.0 Å². The van der Waals surface area contributed by atoms with Crippen molar-refractivity contribution in [2.24, 2.45) is 10.9 Å². The molecule has 0 amide bonds. The number of nitrogens with one attached hydrogen (secondary N) is 2. The molecular weight excluding hydrogens is 479 g/mol. The van der Waals surface area contributed by atoms with Gasteiger partial charge in [-0.05, 0) is 69.2 Å². The van der Waals surface area contributed by atoms with Crippen molar-refractivity contribution < 1.29 is 9.47 Å². The molecule has 1 saturated heterocycles. The van der Waals surface area contributed by atoms with Gasteiger partial charge in [-0.25, -0.2) is 0 Å². The molecule has 0 bridgehead atoms. The smallest absolute Gasteiger partial charge is 0.190 e. The second-order valence-electron chi connectivity index (χ2n) is 7.78. The second kappa shape index (κ2) is 12.5. The summed E-state index contributed by atoms with van der Waals surface area (Å²) in [4.78, 5) is 7.03. The Labute approximate surface area is 192 Å². The number of guanidine groups is 1. The van der Waals surface area contributed by atoms with E-state index in [-0.39, 0.29) is 24.0 Å². The average molecular weight is 516 g/mol. The van der Waals surface area contributed by atoms with Gasteiger partial charge in [0.15, 0.2) is 17.5 Å². The average Bonchev–Trinajstić information content (AvgIpc) is 3.46.